The topological polar surface area (TPSA) is 86.7 Å². The smallest absolute Gasteiger partial charge is 0.251 e. The lowest BCUT2D eigenvalue weighted by Crippen LogP contribution is -2.31. The second-order valence-corrected chi connectivity index (χ2v) is 7.80. The van der Waals surface area contributed by atoms with E-state index in [0.29, 0.717) is 12.1 Å². The molecule has 0 aromatic heterocycles. The number of aliphatic hydroxyl groups excluding tert-OH is 1. The highest BCUT2D eigenvalue weighted by Gasteiger charge is 2.42. The van der Waals surface area contributed by atoms with Crippen LogP contribution in [0.15, 0.2) is 29.2 Å². The summed E-state index contributed by atoms with van der Waals surface area (Å²) in [4.78, 5) is 12.1. The fraction of sp³-hybridized carbons (Fsp3) is 0.500. The lowest BCUT2D eigenvalue weighted by atomic mass is 10.1. The summed E-state index contributed by atoms with van der Waals surface area (Å²) >= 11 is 0. The van der Waals surface area contributed by atoms with Gasteiger partial charge in [0.25, 0.3) is 5.91 Å². The first kappa shape index (κ1) is 15.9. The van der Waals surface area contributed by atoms with Gasteiger partial charge in [0.1, 0.15) is 0 Å². The molecule has 7 heteroatoms. The molecular formula is C14H20N2O4S. The lowest BCUT2D eigenvalue weighted by molar-refractivity contribution is 0.0935. The molecule has 1 aliphatic carbocycles. The van der Waals surface area contributed by atoms with Gasteiger partial charge in [0, 0.05) is 31.6 Å². The molecule has 1 fully saturated rings. The average molecular weight is 312 g/mol. The van der Waals surface area contributed by atoms with Gasteiger partial charge < -0.3 is 10.4 Å². The highest BCUT2D eigenvalue weighted by molar-refractivity contribution is 7.89. The van der Waals surface area contributed by atoms with Gasteiger partial charge in [-0.15, -0.1) is 0 Å². The Hall–Kier alpha value is -1.44. The number of amides is 1. The highest BCUT2D eigenvalue weighted by Crippen LogP contribution is 2.44. The van der Waals surface area contributed by atoms with Crippen LogP contribution in [0.4, 0.5) is 0 Å². The zero-order valence-corrected chi connectivity index (χ0v) is 13.0. The predicted octanol–water partition coefficient (Wildman–Crippen LogP) is 0.439. The molecule has 1 aromatic rings. The van der Waals surface area contributed by atoms with E-state index >= 15 is 0 Å². The normalized spacial score (nSPS) is 16.8. The molecular weight excluding hydrogens is 292 g/mol. The molecule has 0 radical (unpaired) electrons. The van der Waals surface area contributed by atoms with E-state index in [2.05, 4.69) is 5.32 Å². The number of carbonyl (C=O) groups is 1. The molecule has 0 bridgehead atoms. The van der Waals surface area contributed by atoms with Crippen LogP contribution in [0.3, 0.4) is 0 Å². The summed E-state index contributed by atoms with van der Waals surface area (Å²) in [6.07, 6.45) is 1.84. The lowest BCUT2D eigenvalue weighted by Gasteiger charge is -2.13. The minimum atomic E-state index is -3.48. The van der Waals surface area contributed by atoms with Gasteiger partial charge in [0.15, 0.2) is 0 Å². The summed E-state index contributed by atoms with van der Waals surface area (Å²) < 4.78 is 25.0. The van der Waals surface area contributed by atoms with Gasteiger partial charge in [-0.3, -0.25) is 4.79 Å². The Labute approximate surface area is 124 Å². The van der Waals surface area contributed by atoms with Gasteiger partial charge in [-0.1, -0.05) is 0 Å². The number of hydrogen-bond acceptors (Lipinski definition) is 4. The number of benzene rings is 1. The maximum absolute atomic E-state index is 12.0. The van der Waals surface area contributed by atoms with Crippen molar-refractivity contribution in [2.75, 3.05) is 27.2 Å². The van der Waals surface area contributed by atoms with Crippen LogP contribution in [0.5, 0.6) is 0 Å². The molecule has 0 atom stereocenters. The van der Waals surface area contributed by atoms with Gasteiger partial charge in [0.2, 0.25) is 10.0 Å². The minimum Gasteiger partial charge on any atom is -0.396 e. The van der Waals surface area contributed by atoms with Crippen molar-refractivity contribution in [1.29, 1.82) is 0 Å². The molecule has 21 heavy (non-hydrogen) atoms. The Morgan fingerprint density at radius 3 is 2.29 bits per heavy atom. The molecule has 2 N–H and O–H groups in total. The fourth-order valence-electron chi connectivity index (χ4n) is 1.93. The Kier molecular flexibility index (Phi) is 4.36. The Bertz CT molecular complexity index is 619. The van der Waals surface area contributed by atoms with E-state index in [1.807, 2.05) is 0 Å². The van der Waals surface area contributed by atoms with E-state index < -0.39 is 10.0 Å². The van der Waals surface area contributed by atoms with Gasteiger partial charge in [-0.05, 0) is 37.1 Å². The maximum Gasteiger partial charge on any atom is 0.251 e. The van der Waals surface area contributed by atoms with Crippen LogP contribution in [-0.2, 0) is 10.0 Å². The van der Waals surface area contributed by atoms with Gasteiger partial charge in [-0.2, -0.15) is 0 Å². The number of nitrogens with zero attached hydrogens (tertiary/aromatic N) is 1. The van der Waals surface area contributed by atoms with Crippen molar-refractivity contribution >= 4 is 15.9 Å². The second-order valence-electron chi connectivity index (χ2n) is 5.65. The molecule has 1 aromatic carbocycles. The third-order valence-corrected chi connectivity index (χ3v) is 5.64. The number of aliphatic hydroxyl groups is 1. The molecule has 0 heterocycles. The molecule has 1 saturated carbocycles. The van der Waals surface area contributed by atoms with Crippen molar-refractivity contribution < 1.29 is 18.3 Å². The number of nitrogens with one attached hydrogen (secondary N) is 1. The van der Waals surface area contributed by atoms with Crippen molar-refractivity contribution in [3.8, 4) is 0 Å². The third kappa shape index (κ3) is 3.42. The van der Waals surface area contributed by atoms with E-state index in [4.69, 9.17) is 0 Å². The van der Waals surface area contributed by atoms with Gasteiger partial charge in [-0.25, -0.2) is 12.7 Å². The van der Waals surface area contributed by atoms with E-state index in [1.165, 1.54) is 38.4 Å². The van der Waals surface area contributed by atoms with Gasteiger partial charge in [0.05, 0.1) is 11.5 Å². The quantitative estimate of drug-likeness (QED) is 0.798. The number of sulfonamides is 1. The molecule has 0 spiro atoms. The summed E-state index contributed by atoms with van der Waals surface area (Å²) in [7, 11) is -0.564. The highest BCUT2D eigenvalue weighted by atomic mass is 32.2. The molecule has 0 saturated heterocycles. The van der Waals surface area contributed by atoms with Crippen LogP contribution in [0, 0.1) is 5.41 Å². The summed E-state index contributed by atoms with van der Waals surface area (Å²) in [5, 5.41) is 12.0. The first-order valence-electron chi connectivity index (χ1n) is 6.72. The Morgan fingerprint density at radius 1 is 1.29 bits per heavy atom. The third-order valence-electron chi connectivity index (χ3n) is 3.81. The minimum absolute atomic E-state index is 0.0767. The molecule has 6 nitrogen and oxygen atoms in total. The van der Waals surface area contributed by atoms with E-state index in [1.54, 1.807) is 0 Å². The van der Waals surface area contributed by atoms with E-state index in [-0.39, 0.29) is 22.8 Å². The summed E-state index contributed by atoms with van der Waals surface area (Å²) in [6.45, 7) is 0.521. The summed E-state index contributed by atoms with van der Waals surface area (Å²) in [6, 6.07) is 5.82. The SMILES string of the molecule is CN(C)S(=O)(=O)c1ccc(C(=O)NCC2(CO)CC2)cc1. The van der Waals surface area contributed by atoms with Crippen molar-refractivity contribution in [3.63, 3.8) is 0 Å². The molecule has 116 valence electrons. The number of carbonyl (C=O) groups excluding carboxylic acids is 1. The van der Waals surface area contributed by atoms with Crippen LogP contribution in [-0.4, -0.2) is 51.0 Å². The average Bonchev–Trinajstić information content (AvgIpc) is 3.25. The first-order valence-corrected chi connectivity index (χ1v) is 8.16. The summed E-state index contributed by atoms with van der Waals surface area (Å²) in [5.74, 6) is -0.261. The van der Waals surface area contributed by atoms with E-state index in [9.17, 15) is 18.3 Å². The standard InChI is InChI=1S/C14H20N2O4S/c1-16(2)21(19,20)12-5-3-11(4-6-12)13(18)15-9-14(10-17)7-8-14/h3-6,17H,7-10H2,1-2H3,(H,15,18). The Balaban J connectivity index is 2.03. The molecule has 0 unspecified atom stereocenters. The van der Waals surface area contributed by atoms with Crippen LogP contribution in [0.25, 0.3) is 0 Å². The number of hydrogen-bond donors (Lipinski definition) is 2. The maximum atomic E-state index is 12.0. The zero-order chi connectivity index (χ0) is 15.7. The number of rotatable bonds is 6. The van der Waals surface area contributed by atoms with Crippen LogP contribution in [0.2, 0.25) is 0 Å². The Morgan fingerprint density at radius 2 is 1.86 bits per heavy atom. The van der Waals surface area contributed by atoms with Crippen molar-refractivity contribution in [3.05, 3.63) is 29.8 Å². The largest absolute Gasteiger partial charge is 0.396 e. The summed E-state index contributed by atoms with van der Waals surface area (Å²) in [5.41, 5.74) is 0.255. The van der Waals surface area contributed by atoms with Gasteiger partial charge >= 0.3 is 0 Å². The monoisotopic (exact) mass is 312 g/mol. The zero-order valence-electron chi connectivity index (χ0n) is 12.2. The van der Waals surface area contributed by atoms with Crippen LogP contribution < -0.4 is 5.32 Å². The van der Waals surface area contributed by atoms with Crippen LogP contribution in [0.1, 0.15) is 23.2 Å². The molecule has 1 aliphatic rings. The van der Waals surface area contributed by atoms with E-state index in [0.717, 1.165) is 17.1 Å². The molecule has 0 aliphatic heterocycles. The molecule has 1 amide bonds. The van der Waals surface area contributed by atoms with Crippen molar-refractivity contribution in [2.45, 2.75) is 17.7 Å². The van der Waals surface area contributed by atoms with Crippen molar-refractivity contribution in [1.82, 2.24) is 9.62 Å². The second kappa shape index (κ2) is 5.75. The fourth-order valence-corrected chi connectivity index (χ4v) is 2.83. The predicted molar refractivity (Wildman–Crippen MR) is 78.4 cm³/mol. The van der Waals surface area contributed by atoms with Crippen molar-refractivity contribution in [2.24, 2.45) is 5.41 Å². The molecule has 2 rings (SSSR count). The first-order chi connectivity index (χ1) is 9.81. The van der Waals surface area contributed by atoms with Crippen LogP contribution >= 0.6 is 0 Å².